The van der Waals surface area contributed by atoms with E-state index in [1.165, 1.54) is 7.11 Å². The van der Waals surface area contributed by atoms with Crippen LogP contribution in [0.3, 0.4) is 0 Å². The third kappa shape index (κ3) is 5.71. The van der Waals surface area contributed by atoms with E-state index in [1.807, 2.05) is 13.8 Å². The third-order valence-corrected chi connectivity index (χ3v) is 7.52. The van der Waals surface area contributed by atoms with Gasteiger partial charge in [-0.25, -0.2) is 0 Å². The van der Waals surface area contributed by atoms with E-state index in [2.05, 4.69) is 5.32 Å². The summed E-state index contributed by atoms with van der Waals surface area (Å²) in [6.07, 6.45) is 0.730. The van der Waals surface area contributed by atoms with E-state index < -0.39 is 11.8 Å². The molecule has 1 atom stereocenters. The maximum absolute atomic E-state index is 13.9. The lowest BCUT2D eigenvalue weighted by Crippen LogP contribution is -2.60. The van der Waals surface area contributed by atoms with Gasteiger partial charge in [-0.05, 0) is 42.3 Å². The van der Waals surface area contributed by atoms with Crippen LogP contribution < -0.4 is 10.1 Å². The Morgan fingerprint density at radius 1 is 1.05 bits per heavy atom. The van der Waals surface area contributed by atoms with Crippen molar-refractivity contribution in [1.29, 1.82) is 0 Å². The van der Waals surface area contributed by atoms with Gasteiger partial charge in [0.1, 0.15) is 17.5 Å². The van der Waals surface area contributed by atoms with Gasteiger partial charge in [-0.3, -0.25) is 19.3 Å². The second kappa shape index (κ2) is 11.3. The molecule has 1 N–H and O–H groups in total. The van der Waals surface area contributed by atoms with Crippen molar-refractivity contribution in [3.05, 3.63) is 63.6 Å². The molecule has 10 heteroatoms. The van der Waals surface area contributed by atoms with Crippen LogP contribution in [-0.4, -0.2) is 72.6 Å². The van der Waals surface area contributed by atoms with Crippen LogP contribution in [0, 0.1) is 5.92 Å². The normalized spacial score (nSPS) is 18.8. The molecule has 0 radical (unpaired) electrons. The third-order valence-electron chi connectivity index (χ3n) is 6.78. The summed E-state index contributed by atoms with van der Waals surface area (Å²) < 4.78 is 11.5. The molecule has 2 aliphatic rings. The Hall–Kier alpha value is -2.81. The van der Waals surface area contributed by atoms with E-state index in [0.29, 0.717) is 59.4 Å². The van der Waals surface area contributed by atoms with Crippen molar-refractivity contribution in [2.75, 3.05) is 33.4 Å². The molecule has 0 saturated carbocycles. The van der Waals surface area contributed by atoms with Gasteiger partial charge in [0.15, 0.2) is 0 Å². The molecule has 2 heterocycles. The summed E-state index contributed by atoms with van der Waals surface area (Å²) in [7, 11) is 1.53. The Morgan fingerprint density at radius 2 is 1.76 bits per heavy atom. The Morgan fingerprint density at radius 3 is 2.41 bits per heavy atom. The fourth-order valence-corrected chi connectivity index (χ4v) is 5.05. The lowest BCUT2D eigenvalue weighted by molar-refractivity contribution is -0.128. The zero-order valence-corrected chi connectivity index (χ0v) is 22.6. The Labute approximate surface area is 226 Å². The van der Waals surface area contributed by atoms with Gasteiger partial charge in [0.25, 0.3) is 11.8 Å². The fourth-order valence-electron chi connectivity index (χ4n) is 4.76. The first-order chi connectivity index (χ1) is 17.6. The summed E-state index contributed by atoms with van der Waals surface area (Å²) in [6, 6.07) is 10.8. The number of piperidine rings is 1. The topological polar surface area (TPSA) is 88.2 Å². The molecule has 2 saturated heterocycles. The Bertz CT molecular complexity index is 1180. The lowest BCUT2D eigenvalue weighted by Gasteiger charge is -2.44. The van der Waals surface area contributed by atoms with Gasteiger partial charge in [0.05, 0.1) is 23.8 Å². The van der Waals surface area contributed by atoms with Crippen molar-refractivity contribution < 1.29 is 23.9 Å². The average Bonchev–Trinajstić information content (AvgIpc) is 3.26. The number of likely N-dealkylation sites (tertiary alicyclic amines) is 1. The van der Waals surface area contributed by atoms with E-state index in [9.17, 15) is 14.4 Å². The number of carbonyl (C=O) groups is 3. The zero-order valence-electron chi connectivity index (χ0n) is 21.1. The van der Waals surface area contributed by atoms with Crippen molar-refractivity contribution in [2.24, 2.45) is 5.92 Å². The summed E-state index contributed by atoms with van der Waals surface area (Å²) in [5, 5.41) is 3.63. The molecule has 0 aromatic heterocycles. The van der Waals surface area contributed by atoms with Crippen LogP contribution in [0.25, 0.3) is 0 Å². The molecule has 2 fully saturated rings. The number of amides is 3. The SMILES string of the molecule is COc1cccc(C(=O)N2[C@H](C(=O)NCC(C)C)COC23CCN(C(=O)c2ccc(Cl)c(Cl)c2)CC3)c1. The first-order valence-electron chi connectivity index (χ1n) is 12.3. The first-order valence-corrected chi connectivity index (χ1v) is 13.0. The molecule has 2 aromatic carbocycles. The highest BCUT2D eigenvalue weighted by molar-refractivity contribution is 6.42. The van der Waals surface area contributed by atoms with Crippen LogP contribution >= 0.6 is 23.2 Å². The number of rotatable bonds is 6. The van der Waals surface area contributed by atoms with Crippen molar-refractivity contribution in [3.8, 4) is 5.75 Å². The van der Waals surface area contributed by atoms with Crippen molar-refractivity contribution in [1.82, 2.24) is 15.1 Å². The molecule has 1 spiro atoms. The monoisotopic (exact) mass is 547 g/mol. The maximum Gasteiger partial charge on any atom is 0.257 e. The number of ether oxygens (including phenoxy) is 2. The molecule has 0 bridgehead atoms. The highest BCUT2D eigenvalue weighted by Crippen LogP contribution is 2.39. The molecule has 4 rings (SSSR count). The summed E-state index contributed by atoms with van der Waals surface area (Å²) in [5.41, 5.74) is -0.165. The van der Waals surface area contributed by atoms with E-state index >= 15 is 0 Å². The van der Waals surface area contributed by atoms with Crippen molar-refractivity contribution in [3.63, 3.8) is 0 Å². The van der Waals surface area contributed by atoms with E-state index in [4.69, 9.17) is 32.7 Å². The molecule has 2 aliphatic heterocycles. The number of nitrogens with one attached hydrogen (secondary N) is 1. The molecule has 0 unspecified atom stereocenters. The van der Waals surface area contributed by atoms with Crippen LogP contribution in [0.5, 0.6) is 5.75 Å². The Kier molecular flexibility index (Phi) is 8.31. The number of carbonyl (C=O) groups excluding carboxylic acids is 3. The molecule has 198 valence electrons. The molecule has 3 amide bonds. The second-order valence-electron chi connectivity index (χ2n) is 9.74. The minimum absolute atomic E-state index is 0.0837. The van der Waals surface area contributed by atoms with Crippen LogP contribution in [0.4, 0.5) is 0 Å². The van der Waals surface area contributed by atoms with E-state index in [1.54, 1.807) is 52.3 Å². The number of benzene rings is 2. The lowest BCUT2D eigenvalue weighted by atomic mass is 9.96. The van der Waals surface area contributed by atoms with Gasteiger partial charge >= 0.3 is 0 Å². The van der Waals surface area contributed by atoms with Gasteiger partial charge in [-0.2, -0.15) is 0 Å². The fraction of sp³-hybridized carbons (Fsp3) is 0.444. The van der Waals surface area contributed by atoms with Gasteiger partial charge in [-0.1, -0.05) is 43.1 Å². The van der Waals surface area contributed by atoms with Gasteiger partial charge in [-0.15, -0.1) is 0 Å². The summed E-state index contributed by atoms with van der Waals surface area (Å²) in [6.45, 7) is 5.29. The highest BCUT2D eigenvalue weighted by Gasteiger charge is 2.54. The van der Waals surface area contributed by atoms with Crippen LogP contribution in [-0.2, 0) is 9.53 Å². The highest BCUT2D eigenvalue weighted by atomic mass is 35.5. The molecule has 37 heavy (non-hydrogen) atoms. The number of methoxy groups -OCH3 is 1. The predicted octanol–water partition coefficient (Wildman–Crippen LogP) is 4.25. The minimum Gasteiger partial charge on any atom is -0.497 e. The molecule has 0 aliphatic carbocycles. The zero-order chi connectivity index (χ0) is 26.7. The average molecular weight is 548 g/mol. The molecular weight excluding hydrogens is 517 g/mol. The number of hydrogen-bond donors (Lipinski definition) is 1. The minimum atomic E-state index is -1.01. The maximum atomic E-state index is 13.9. The van der Waals surface area contributed by atoms with Crippen molar-refractivity contribution in [2.45, 2.75) is 38.5 Å². The smallest absolute Gasteiger partial charge is 0.257 e. The molecule has 2 aromatic rings. The van der Waals surface area contributed by atoms with Crippen LogP contribution in [0.1, 0.15) is 47.4 Å². The first kappa shape index (κ1) is 27.2. The standard InChI is InChI=1S/C27H31Cl2N3O5/c1-17(2)15-30-24(33)23-16-37-27(32(23)26(35)18-5-4-6-20(13-18)36-3)9-11-31(12-10-27)25(34)19-7-8-21(28)22(29)14-19/h4-8,13-14,17,23H,9-12,15-16H2,1-3H3,(H,30,33)/t23-/m0/s1. The van der Waals surface area contributed by atoms with E-state index in [-0.39, 0.29) is 30.2 Å². The van der Waals surface area contributed by atoms with E-state index in [0.717, 1.165) is 0 Å². The van der Waals surface area contributed by atoms with Crippen LogP contribution in [0.2, 0.25) is 10.0 Å². The van der Waals surface area contributed by atoms with Gasteiger partial charge in [0.2, 0.25) is 5.91 Å². The van der Waals surface area contributed by atoms with Gasteiger partial charge < -0.3 is 19.7 Å². The summed E-state index contributed by atoms with van der Waals surface area (Å²) in [5.74, 6) is 0.0612. The molecular formula is C27H31Cl2N3O5. The second-order valence-corrected chi connectivity index (χ2v) is 10.6. The summed E-state index contributed by atoms with van der Waals surface area (Å²) in [4.78, 5) is 43.4. The van der Waals surface area contributed by atoms with Crippen LogP contribution in [0.15, 0.2) is 42.5 Å². The predicted molar refractivity (Wildman–Crippen MR) is 141 cm³/mol. The quantitative estimate of drug-likeness (QED) is 0.584. The summed E-state index contributed by atoms with van der Waals surface area (Å²) >= 11 is 12.1. The molecule has 8 nitrogen and oxygen atoms in total. The van der Waals surface area contributed by atoms with Gasteiger partial charge in [0, 0.05) is 43.6 Å². The largest absolute Gasteiger partial charge is 0.497 e. The number of halogens is 2. The van der Waals surface area contributed by atoms with Crippen molar-refractivity contribution >= 4 is 40.9 Å². The Balaban J connectivity index is 1.58. The number of nitrogens with zero attached hydrogens (tertiary/aromatic N) is 2. The number of hydrogen-bond acceptors (Lipinski definition) is 5.